The monoisotopic (exact) mass is 443 g/mol. The number of nitrogen functional groups attached to an aromatic ring is 1. The van der Waals surface area contributed by atoms with Crippen LogP contribution in [0.25, 0.3) is 0 Å². The first-order chi connectivity index (χ1) is 14.0. The molecule has 0 radical (unpaired) electrons. The Kier molecular flexibility index (Phi) is 5.75. The van der Waals surface area contributed by atoms with Gasteiger partial charge in [-0.15, -0.1) is 0 Å². The summed E-state index contributed by atoms with van der Waals surface area (Å²) in [5, 5.41) is 43.5. The molecule has 5 atom stereocenters. The fourth-order valence-electron chi connectivity index (χ4n) is 2.98. The lowest BCUT2D eigenvalue weighted by Crippen LogP contribution is -2.65. The Morgan fingerprint density at radius 2 is 1.70 bits per heavy atom. The Morgan fingerprint density at radius 1 is 1.10 bits per heavy atom. The highest BCUT2D eigenvalue weighted by Gasteiger charge is 2.52. The van der Waals surface area contributed by atoms with E-state index in [0.29, 0.717) is 15.7 Å². The van der Waals surface area contributed by atoms with Crippen LogP contribution in [0.4, 0.5) is 11.6 Å². The summed E-state index contributed by atoms with van der Waals surface area (Å²) in [6.45, 7) is 3.05. The van der Waals surface area contributed by atoms with Gasteiger partial charge in [0.2, 0.25) is 5.88 Å². The minimum atomic E-state index is -4.53. The Morgan fingerprint density at radius 3 is 2.20 bits per heavy atom. The van der Waals surface area contributed by atoms with Gasteiger partial charge >= 0.3 is 5.97 Å². The summed E-state index contributed by atoms with van der Waals surface area (Å²) in [5.41, 5.74) is 6.52. The van der Waals surface area contributed by atoms with E-state index in [1.54, 1.807) is 6.92 Å². The van der Waals surface area contributed by atoms with Crippen LogP contribution >= 0.6 is 0 Å². The highest BCUT2D eigenvalue weighted by molar-refractivity contribution is 7.92. The zero-order chi connectivity index (χ0) is 22.4. The first kappa shape index (κ1) is 22.0. The number of nitrogens with two attached hydrogens (primary N) is 1. The summed E-state index contributed by atoms with van der Waals surface area (Å²) in [6, 6.07) is 5.07. The average molecular weight is 443 g/mol. The molecule has 1 aliphatic heterocycles. The second kappa shape index (κ2) is 7.85. The normalized spacial score (nSPS) is 27.0. The first-order valence-corrected chi connectivity index (χ1v) is 10.2. The largest absolute Gasteiger partial charge is 0.479 e. The summed E-state index contributed by atoms with van der Waals surface area (Å²) in [4.78, 5) is 11.2. The summed E-state index contributed by atoms with van der Waals surface area (Å²) in [6.07, 6.45) is -9.98. The zero-order valence-corrected chi connectivity index (χ0v) is 16.7. The third-order valence-corrected chi connectivity index (χ3v) is 6.59. The number of carboxylic acid groups (broad SMARTS) is 1. The second-order valence-corrected chi connectivity index (χ2v) is 8.64. The number of benzene rings is 1. The molecule has 12 nitrogen and oxygen atoms in total. The van der Waals surface area contributed by atoms with Crippen molar-refractivity contribution in [3.05, 3.63) is 35.5 Å². The van der Waals surface area contributed by atoms with E-state index in [2.05, 4.69) is 5.16 Å². The molecule has 2 heterocycles. The molecule has 0 saturated carbocycles. The van der Waals surface area contributed by atoms with E-state index >= 15 is 0 Å². The van der Waals surface area contributed by atoms with Crippen LogP contribution in [0, 0.1) is 13.8 Å². The standard InChI is InChI=1S/C17H21N3O9S/c1-7-8(2)19-29-15(7)20(30(26,27)10-5-3-9(18)4-6-10)16-13(23)11(21)12(22)14(28-16)17(24)25/h3-6,11-14,16,21-23H,18H2,1-2H3,(H,24,25). The third-order valence-electron chi connectivity index (χ3n) is 4.83. The molecule has 164 valence electrons. The number of nitrogens with zero attached hydrogens (tertiary/aromatic N) is 2. The second-order valence-electron chi connectivity index (χ2n) is 6.83. The number of aliphatic hydroxyl groups excluding tert-OH is 3. The third kappa shape index (κ3) is 3.61. The van der Waals surface area contributed by atoms with Crippen molar-refractivity contribution in [2.75, 3.05) is 10.0 Å². The maximum absolute atomic E-state index is 13.4. The molecule has 30 heavy (non-hydrogen) atoms. The van der Waals surface area contributed by atoms with Crippen LogP contribution in [0.5, 0.6) is 0 Å². The van der Waals surface area contributed by atoms with Gasteiger partial charge in [0, 0.05) is 11.3 Å². The first-order valence-electron chi connectivity index (χ1n) is 8.72. The number of aromatic nitrogens is 1. The molecular formula is C17H21N3O9S. The highest BCUT2D eigenvalue weighted by atomic mass is 32.2. The van der Waals surface area contributed by atoms with Crippen LogP contribution < -0.4 is 10.0 Å². The predicted molar refractivity (Wildman–Crippen MR) is 101 cm³/mol. The van der Waals surface area contributed by atoms with Crippen LogP contribution in [-0.4, -0.2) is 70.6 Å². The van der Waals surface area contributed by atoms with Crippen LogP contribution in [0.3, 0.4) is 0 Å². The van der Waals surface area contributed by atoms with Crippen molar-refractivity contribution in [1.29, 1.82) is 0 Å². The molecule has 1 aromatic heterocycles. The van der Waals surface area contributed by atoms with Crippen LogP contribution in [0.2, 0.25) is 0 Å². The summed E-state index contributed by atoms with van der Waals surface area (Å²) in [7, 11) is -4.53. The van der Waals surface area contributed by atoms with Crippen LogP contribution in [-0.2, 0) is 19.6 Å². The van der Waals surface area contributed by atoms with Gasteiger partial charge in [-0.2, -0.15) is 0 Å². The van der Waals surface area contributed by atoms with Crippen molar-refractivity contribution < 1.29 is 42.9 Å². The van der Waals surface area contributed by atoms with Crippen molar-refractivity contribution in [3.63, 3.8) is 0 Å². The van der Waals surface area contributed by atoms with E-state index in [-0.39, 0.29) is 16.3 Å². The molecular weight excluding hydrogens is 422 g/mol. The fraction of sp³-hybridized carbons (Fsp3) is 0.412. The molecule has 1 aliphatic rings. The summed E-state index contributed by atoms with van der Waals surface area (Å²) in [5.74, 6) is -2.00. The van der Waals surface area contributed by atoms with E-state index in [9.17, 15) is 33.6 Å². The van der Waals surface area contributed by atoms with Gasteiger partial charge in [0.1, 0.15) is 18.3 Å². The number of aliphatic carboxylic acids is 1. The molecule has 6 N–H and O–H groups in total. The maximum Gasteiger partial charge on any atom is 0.335 e. The number of carbonyl (C=O) groups is 1. The van der Waals surface area contributed by atoms with Gasteiger partial charge in [0.25, 0.3) is 10.0 Å². The van der Waals surface area contributed by atoms with Crippen molar-refractivity contribution in [2.45, 2.75) is 49.4 Å². The molecule has 0 spiro atoms. The number of aryl methyl sites for hydroxylation is 1. The Labute approximate surface area is 171 Å². The lowest BCUT2D eigenvalue weighted by Gasteiger charge is -2.42. The average Bonchev–Trinajstić information content (AvgIpc) is 3.00. The Bertz CT molecular complexity index is 1040. The van der Waals surface area contributed by atoms with E-state index in [1.807, 2.05) is 0 Å². The molecule has 1 fully saturated rings. The van der Waals surface area contributed by atoms with Gasteiger partial charge in [0.05, 0.1) is 10.6 Å². The van der Waals surface area contributed by atoms with Gasteiger partial charge in [-0.05, 0) is 38.1 Å². The molecule has 1 aromatic carbocycles. The predicted octanol–water partition coefficient (Wildman–Crippen LogP) is -1.04. The molecule has 2 aromatic rings. The molecule has 5 unspecified atom stereocenters. The molecule has 3 rings (SSSR count). The van der Waals surface area contributed by atoms with E-state index < -0.39 is 46.6 Å². The number of hydrogen-bond acceptors (Lipinski definition) is 10. The number of ether oxygens (including phenoxy) is 1. The van der Waals surface area contributed by atoms with E-state index in [4.69, 9.17) is 15.0 Å². The zero-order valence-electron chi connectivity index (χ0n) is 15.9. The number of carboxylic acids is 1. The van der Waals surface area contributed by atoms with Crippen molar-refractivity contribution in [1.82, 2.24) is 5.16 Å². The van der Waals surface area contributed by atoms with Crippen molar-refractivity contribution >= 4 is 27.6 Å². The molecule has 1 saturated heterocycles. The van der Waals surface area contributed by atoms with Crippen LogP contribution in [0.15, 0.2) is 33.7 Å². The van der Waals surface area contributed by atoms with E-state index in [0.717, 1.165) is 0 Å². The number of aliphatic hydroxyl groups is 3. The summed E-state index contributed by atoms with van der Waals surface area (Å²) >= 11 is 0. The minimum Gasteiger partial charge on any atom is -0.479 e. The number of anilines is 2. The topological polar surface area (TPSA) is 197 Å². The summed E-state index contributed by atoms with van der Waals surface area (Å²) < 4.78 is 37.7. The highest BCUT2D eigenvalue weighted by Crippen LogP contribution is 2.35. The van der Waals surface area contributed by atoms with Crippen molar-refractivity contribution in [2.24, 2.45) is 0 Å². The Hall–Kier alpha value is -2.71. The van der Waals surface area contributed by atoms with Gasteiger partial charge in [-0.1, -0.05) is 5.16 Å². The lowest BCUT2D eigenvalue weighted by atomic mass is 9.98. The van der Waals surface area contributed by atoms with Crippen molar-refractivity contribution in [3.8, 4) is 0 Å². The quantitative estimate of drug-likeness (QED) is 0.354. The van der Waals surface area contributed by atoms with Gasteiger partial charge < -0.3 is 35.4 Å². The SMILES string of the molecule is Cc1noc(N(C2OC(C(=O)O)C(O)C(O)C2O)S(=O)(=O)c2ccc(N)cc2)c1C. The van der Waals surface area contributed by atoms with E-state index in [1.165, 1.54) is 31.2 Å². The minimum absolute atomic E-state index is 0.270. The fourth-order valence-corrected chi connectivity index (χ4v) is 4.53. The lowest BCUT2D eigenvalue weighted by molar-refractivity contribution is -0.225. The Balaban J connectivity index is 2.18. The number of rotatable bonds is 5. The maximum atomic E-state index is 13.4. The molecule has 0 bridgehead atoms. The van der Waals surface area contributed by atoms with Gasteiger partial charge in [0.15, 0.2) is 12.3 Å². The molecule has 13 heteroatoms. The molecule has 0 amide bonds. The molecule has 0 aliphatic carbocycles. The number of hydrogen-bond donors (Lipinski definition) is 5. The number of sulfonamides is 1. The van der Waals surface area contributed by atoms with Gasteiger partial charge in [-0.25, -0.2) is 17.5 Å². The van der Waals surface area contributed by atoms with Gasteiger partial charge in [-0.3, -0.25) is 0 Å². The van der Waals surface area contributed by atoms with Crippen LogP contribution in [0.1, 0.15) is 11.3 Å². The smallest absolute Gasteiger partial charge is 0.335 e.